The number of hydrogen-bond donors (Lipinski definition) is 0. The second-order valence-electron chi connectivity index (χ2n) is 10.9. The molecule has 2 heterocycles. The minimum atomic E-state index is -0.188. The molecule has 2 saturated heterocycles. The summed E-state index contributed by atoms with van der Waals surface area (Å²) in [4.78, 5) is 28.5. The van der Waals surface area contributed by atoms with Crippen LogP contribution in [0.5, 0.6) is 0 Å². The lowest BCUT2D eigenvalue weighted by Crippen LogP contribution is -2.52. The van der Waals surface area contributed by atoms with Crippen LogP contribution in [0.4, 0.5) is 4.79 Å². The van der Waals surface area contributed by atoms with Gasteiger partial charge in [0.25, 0.3) is 0 Å². The van der Waals surface area contributed by atoms with Gasteiger partial charge in [0.1, 0.15) is 12.4 Å². The molecule has 6 bridgehead atoms. The molecule has 7 rings (SSSR count). The second kappa shape index (κ2) is 7.39. The summed E-state index contributed by atoms with van der Waals surface area (Å²) in [5.41, 5.74) is 1.02. The fourth-order valence-electron chi connectivity index (χ4n) is 8.16. The highest BCUT2D eigenvalue weighted by molar-refractivity contribution is 5.85. The maximum Gasteiger partial charge on any atom is 0.410 e. The molecular formula is C26H33NO3. The standard InChI is InChI=1S/C26H33NO3/c28-25(24-19-9-17-8-18(11-19)12-20(24)10-17)21-13-22-6-7-23(14-21)27(22)26(29)30-15-16-4-2-1-3-5-16/h1-5,17-24H,6-15H2. The number of benzene rings is 1. The summed E-state index contributed by atoms with van der Waals surface area (Å²) in [6.45, 7) is 0.325. The fourth-order valence-corrected chi connectivity index (χ4v) is 8.16. The van der Waals surface area contributed by atoms with Crippen molar-refractivity contribution in [3.8, 4) is 0 Å². The Bertz CT molecular complexity index is 779. The molecule has 30 heavy (non-hydrogen) atoms. The van der Waals surface area contributed by atoms with E-state index in [0.717, 1.165) is 43.1 Å². The van der Waals surface area contributed by atoms with Gasteiger partial charge in [0.05, 0.1) is 0 Å². The number of ether oxygens (including phenoxy) is 1. The van der Waals surface area contributed by atoms with Gasteiger partial charge >= 0.3 is 6.09 Å². The third-order valence-corrected chi connectivity index (χ3v) is 9.11. The van der Waals surface area contributed by atoms with Gasteiger partial charge in [-0.2, -0.15) is 0 Å². The van der Waals surface area contributed by atoms with Crippen LogP contribution < -0.4 is 0 Å². The zero-order valence-corrected chi connectivity index (χ0v) is 17.7. The lowest BCUT2D eigenvalue weighted by Gasteiger charge is -2.54. The van der Waals surface area contributed by atoms with E-state index in [1.807, 2.05) is 35.2 Å². The molecule has 0 radical (unpaired) electrons. The van der Waals surface area contributed by atoms with Crippen LogP contribution in [-0.4, -0.2) is 28.9 Å². The number of piperidine rings is 1. The molecular weight excluding hydrogens is 374 g/mol. The van der Waals surface area contributed by atoms with Crippen molar-refractivity contribution in [1.29, 1.82) is 0 Å². The monoisotopic (exact) mass is 407 g/mol. The number of nitrogens with zero attached hydrogens (tertiary/aromatic N) is 1. The topological polar surface area (TPSA) is 46.6 Å². The fraction of sp³-hybridized carbons (Fsp3) is 0.692. The SMILES string of the molecule is O=C(C1CC2CCC(C1)N2C(=O)OCc1ccccc1)C1C2CC3CC(C2)CC1C3. The van der Waals surface area contributed by atoms with E-state index < -0.39 is 0 Å². The predicted molar refractivity (Wildman–Crippen MR) is 114 cm³/mol. The van der Waals surface area contributed by atoms with Crippen molar-refractivity contribution < 1.29 is 14.3 Å². The minimum Gasteiger partial charge on any atom is -0.445 e. The Hall–Kier alpha value is -1.84. The summed E-state index contributed by atoms with van der Waals surface area (Å²) in [6.07, 6.45) is 10.2. The third kappa shape index (κ3) is 3.18. The first-order valence-electron chi connectivity index (χ1n) is 12.2. The molecule has 2 unspecified atom stereocenters. The number of amides is 1. The van der Waals surface area contributed by atoms with E-state index >= 15 is 0 Å². The molecule has 6 aliphatic rings. The number of hydrogen-bond acceptors (Lipinski definition) is 3. The molecule has 0 N–H and O–H groups in total. The summed E-state index contributed by atoms with van der Waals surface area (Å²) < 4.78 is 5.64. The van der Waals surface area contributed by atoms with Gasteiger partial charge in [-0.05, 0) is 87.0 Å². The van der Waals surface area contributed by atoms with Gasteiger partial charge in [0.15, 0.2) is 0 Å². The van der Waals surface area contributed by atoms with Crippen molar-refractivity contribution >= 4 is 11.9 Å². The van der Waals surface area contributed by atoms with E-state index in [4.69, 9.17) is 4.74 Å². The second-order valence-corrected chi connectivity index (χ2v) is 10.9. The molecule has 160 valence electrons. The van der Waals surface area contributed by atoms with Gasteiger partial charge in [-0.1, -0.05) is 30.3 Å². The van der Waals surface area contributed by atoms with Gasteiger partial charge < -0.3 is 9.64 Å². The average molecular weight is 408 g/mol. The molecule has 2 aliphatic heterocycles. The van der Waals surface area contributed by atoms with Crippen molar-refractivity contribution in [1.82, 2.24) is 4.90 Å². The van der Waals surface area contributed by atoms with E-state index in [-0.39, 0.29) is 24.1 Å². The Morgan fingerprint density at radius 2 is 1.43 bits per heavy atom. The van der Waals surface area contributed by atoms with Crippen molar-refractivity contribution in [2.45, 2.75) is 76.5 Å². The molecule has 4 aliphatic carbocycles. The predicted octanol–water partition coefficient (Wildman–Crippen LogP) is 5.21. The Kier molecular flexibility index (Phi) is 4.65. The normalized spacial score (nSPS) is 41.1. The molecule has 0 spiro atoms. The number of fused-ring (bicyclic) bond motifs is 2. The maximum absolute atomic E-state index is 13.7. The lowest BCUT2D eigenvalue weighted by molar-refractivity contribution is -0.142. The summed E-state index contributed by atoms with van der Waals surface area (Å²) in [7, 11) is 0. The highest BCUT2D eigenvalue weighted by Crippen LogP contribution is 2.57. The number of rotatable bonds is 4. The van der Waals surface area contributed by atoms with Crippen LogP contribution in [0.1, 0.15) is 63.4 Å². The number of ketones is 1. The molecule has 1 aromatic rings. The van der Waals surface area contributed by atoms with Crippen molar-refractivity contribution in [2.24, 2.45) is 35.5 Å². The van der Waals surface area contributed by atoms with Crippen LogP contribution in [0.3, 0.4) is 0 Å². The zero-order valence-electron chi connectivity index (χ0n) is 17.7. The van der Waals surface area contributed by atoms with Crippen LogP contribution in [0.15, 0.2) is 30.3 Å². The molecule has 4 nitrogen and oxygen atoms in total. The smallest absolute Gasteiger partial charge is 0.410 e. The van der Waals surface area contributed by atoms with E-state index in [2.05, 4.69) is 0 Å². The van der Waals surface area contributed by atoms with Crippen LogP contribution in [0.25, 0.3) is 0 Å². The van der Waals surface area contributed by atoms with Crippen molar-refractivity contribution in [3.63, 3.8) is 0 Å². The molecule has 1 amide bonds. The molecule has 4 saturated carbocycles. The van der Waals surface area contributed by atoms with Gasteiger partial charge in [-0.25, -0.2) is 4.79 Å². The van der Waals surface area contributed by atoms with Gasteiger partial charge in [0.2, 0.25) is 0 Å². The third-order valence-electron chi connectivity index (χ3n) is 9.11. The number of carbonyl (C=O) groups excluding carboxylic acids is 2. The van der Waals surface area contributed by atoms with Crippen LogP contribution in [-0.2, 0) is 16.1 Å². The first-order chi connectivity index (χ1) is 14.7. The summed E-state index contributed by atoms with van der Waals surface area (Å²) in [5.74, 6) is 4.23. The Morgan fingerprint density at radius 1 is 0.833 bits per heavy atom. The Morgan fingerprint density at radius 3 is 2.03 bits per heavy atom. The van der Waals surface area contributed by atoms with Crippen LogP contribution in [0, 0.1) is 35.5 Å². The molecule has 1 aromatic carbocycles. The summed E-state index contributed by atoms with van der Waals surface area (Å²) in [6, 6.07) is 10.3. The van der Waals surface area contributed by atoms with Gasteiger partial charge in [-0.15, -0.1) is 0 Å². The van der Waals surface area contributed by atoms with Crippen molar-refractivity contribution in [3.05, 3.63) is 35.9 Å². The lowest BCUT2D eigenvalue weighted by atomic mass is 9.50. The first kappa shape index (κ1) is 18.9. The number of Topliss-reactive ketones (excluding diaryl/α,β-unsaturated/α-hetero) is 1. The van der Waals surface area contributed by atoms with Crippen molar-refractivity contribution in [2.75, 3.05) is 0 Å². The quantitative estimate of drug-likeness (QED) is 0.688. The minimum absolute atomic E-state index is 0.170. The van der Waals surface area contributed by atoms with E-state index in [0.29, 0.717) is 30.1 Å². The Balaban J connectivity index is 1.10. The highest BCUT2D eigenvalue weighted by Gasteiger charge is 2.53. The van der Waals surface area contributed by atoms with E-state index in [1.165, 1.54) is 32.1 Å². The van der Waals surface area contributed by atoms with E-state index in [9.17, 15) is 9.59 Å². The first-order valence-corrected chi connectivity index (χ1v) is 12.2. The average Bonchev–Trinajstić information content (AvgIpc) is 3.01. The van der Waals surface area contributed by atoms with Crippen LogP contribution in [0.2, 0.25) is 0 Å². The maximum atomic E-state index is 13.7. The largest absolute Gasteiger partial charge is 0.445 e. The van der Waals surface area contributed by atoms with Gasteiger partial charge in [-0.3, -0.25) is 4.79 Å². The Labute approximate surface area is 179 Å². The summed E-state index contributed by atoms with van der Waals surface area (Å²) in [5, 5.41) is 0. The van der Waals surface area contributed by atoms with Crippen LogP contribution >= 0.6 is 0 Å². The highest BCUT2D eigenvalue weighted by atomic mass is 16.6. The summed E-state index contributed by atoms with van der Waals surface area (Å²) >= 11 is 0. The number of carbonyl (C=O) groups is 2. The molecule has 0 aromatic heterocycles. The van der Waals surface area contributed by atoms with E-state index in [1.54, 1.807) is 0 Å². The molecule has 6 fully saturated rings. The zero-order chi connectivity index (χ0) is 20.2. The molecule has 2 atom stereocenters. The molecule has 4 heteroatoms. The van der Waals surface area contributed by atoms with Gasteiger partial charge in [0, 0.05) is 23.9 Å².